The van der Waals surface area contributed by atoms with Gasteiger partial charge in [0.2, 0.25) is 0 Å². The fourth-order valence-electron chi connectivity index (χ4n) is 2.43. The van der Waals surface area contributed by atoms with Crippen molar-refractivity contribution in [1.82, 2.24) is 14.7 Å². The van der Waals surface area contributed by atoms with Crippen molar-refractivity contribution in [2.24, 2.45) is 0 Å². The normalized spacial score (nSPS) is 16.2. The highest BCUT2D eigenvalue weighted by atomic mass is 19.1. The minimum atomic E-state index is -0.131. The third-order valence-corrected chi connectivity index (χ3v) is 3.68. The van der Waals surface area contributed by atoms with Gasteiger partial charge in [0.25, 0.3) is 0 Å². The average molecular weight is 279 g/mol. The van der Waals surface area contributed by atoms with E-state index in [-0.39, 0.29) is 11.8 Å². The van der Waals surface area contributed by atoms with Gasteiger partial charge in [-0.05, 0) is 18.1 Å². The molecule has 110 valence electrons. The lowest BCUT2D eigenvalue weighted by atomic mass is 10.1. The summed E-state index contributed by atoms with van der Waals surface area (Å²) in [4.78, 5) is 17.6. The Kier molecular flexibility index (Phi) is 4.95. The second-order valence-electron chi connectivity index (χ2n) is 5.35. The third kappa shape index (κ3) is 3.70. The van der Waals surface area contributed by atoms with Gasteiger partial charge in [0.05, 0.1) is 0 Å². The van der Waals surface area contributed by atoms with Gasteiger partial charge in [-0.25, -0.2) is 9.18 Å². The lowest BCUT2D eigenvalue weighted by molar-refractivity contribution is 0.124. The largest absolute Gasteiger partial charge is 0.331 e. The third-order valence-electron chi connectivity index (χ3n) is 3.68. The number of nitrogens with zero attached hydrogens (tertiary/aromatic N) is 3. The minimum absolute atomic E-state index is 0.0683. The topological polar surface area (TPSA) is 26.8 Å². The fraction of sp³-hybridized carbons (Fsp3) is 0.533. The van der Waals surface area contributed by atoms with Crippen molar-refractivity contribution < 1.29 is 9.18 Å². The molecular weight excluding hydrogens is 257 g/mol. The van der Waals surface area contributed by atoms with Crippen LogP contribution in [0.3, 0.4) is 0 Å². The first-order valence-electron chi connectivity index (χ1n) is 7.00. The Morgan fingerprint density at radius 3 is 2.45 bits per heavy atom. The van der Waals surface area contributed by atoms with Crippen LogP contribution in [0.5, 0.6) is 0 Å². The first-order chi connectivity index (χ1) is 9.58. The molecule has 0 spiro atoms. The Bertz CT molecular complexity index is 456. The summed E-state index contributed by atoms with van der Waals surface area (Å²) in [6.45, 7) is 4.04. The fourth-order valence-corrected chi connectivity index (χ4v) is 2.43. The van der Waals surface area contributed by atoms with Gasteiger partial charge in [-0.2, -0.15) is 0 Å². The van der Waals surface area contributed by atoms with Crippen LogP contribution < -0.4 is 0 Å². The van der Waals surface area contributed by atoms with E-state index in [1.54, 1.807) is 25.1 Å². The first kappa shape index (κ1) is 14.8. The maximum atomic E-state index is 13.5. The van der Waals surface area contributed by atoms with Crippen molar-refractivity contribution in [3.63, 3.8) is 0 Å². The van der Waals surface area contributed by atoms with Gasteiger partial charge in [-0.1, -0.05) is 18.2 Å². The van der Waals surface area contributed by atoms with Crippen LogP contribution in [0.15, 0.2) is 24.3 Å². The van der Waals surface area contributed by atoms with Crippen molar-refractivity contribution in [3.8, 4) is 0 Å². The summed E-state index contributed by atoms with van der Waals surface area (Å²) in [7, 11) is 3.54. The van der Waals surface area contributed by atoms with Gasteiger partial charge in [-0.15, -0.1) is 0 Å². The van der Waals surface area contributed by atoms with Crippen LogP contribution in [-0.2, 0) is 6.42 Å². The molecule has 0 atom stereocenters. The van der Waals surface area contributed by atoms with E-state index < -0.39 is 0 Å². The summed E-state index contributed by atoms with van der Waals surface area (Å²) in [5, 5.41) is 0. The molecule has 1 fully saturated rings. The summed E-state index contributed by atoms with van der Waals surface area (Å²) in [5.74, 6) is -0.131. The van der Waals surface area contributed by atoms with Gasteiger partial charge >= 0.3 is 6.03 Å². The molecule has 2 amide bonds. The van der Waals surface area contributed by atoms with Crippen molar-refractivity contribution in [2.75, 3.05) is 46.8 Å². The molecule has 2 rings (SSSR count). The van der Waals surface area contributed by atoms with Crippen molar-refractivity contribution in [2.45, 2.75) is 6.42 Å². The molecule has 20 heavy (non-hydrogen) atoms. The molecule has 1 aromatic rings. The Balaban J connectivity index is 1.78. The summed E-state index contributed by atoms with van der Waals surface area (Å²) in [6, 6.07) is 6.99. The van der Waals surface area contributed by atoms with Crippen molar-refractivity contribution in [1.29, 1.82) is 0 Å². The van der Waals surface area contributed by atoms with Crippen LogP contribution in [0, 0.1) is 5.82 Å². The first-order valence-corrected chi connectivity index (χ1v) is 7.00. The zero-order valence-corrected chi connectivity index (χ0v) is 12.2. The highest BCUT2D eigenvalue weighted by Gasteiger charge is 2.21. The second kappa shape index (κ2) is 6.70. The van der Waals surface area contributed by atoms with E-state index in [4.69, 9.17) is 0 Å². The van der Waals surface area contributed by atoms with Crippen LogP contribution in [0.2, 0.25) is 0 Å². The summed E-state index contributed by atoms with van der Waals surface area (Å²) < 4.78 is 13.5. The lowest BCUT2D eigenvalue weighted by Gasteiger charge is -2.35. The number of rotatable bonds is 3. The molecule has 1 aliphatic heterocycles. The molecule has 0 aliphatic carbocycles. The summed E-state index contributed by atoms with van der Waals surface area (Å²) >= 11 is 0. The van der Waals surface area contributed by atoms with E-state index in [0.29, 0.717) is 6.42 Å². The number of benzene rings is 1. The van der Waals surface area contributed by atoms with Crippen LogP contribution in [0.4, 0.5) is 9.18 Å². The average Bonchev–Trinajstić information content (AvgIpc) is 2.46. The molecule has 0 aromatic heterocycles. The maximum absolute atomic E-state index is 13.5. The zero-order valence-electron chi connectivity index (χ0n) is 12.2. The summed E-state index contributed by atoms with van der Waals surface area (Å²) in [6.07, 6.45) is 0.717. The number of urea groups is 1. The quantitative estimate of drug-likeness (QED) is 0.841. The van der Waals surface area contributed by atoms with Crippen LogP contribution in [0.1, 0.15) is 5.56 Å². The molecule has 0 unspecified atom stereocenters. The van der Waals surface area contributed by atoms with Gasteiger partial charge in [0, 0.05) is 46.8 Å². The van der Waals surface area contributed by atoms with E-state index in [9.17, 15) is 9.18 Å². The van der Waals surface area contributed by atoms with Gasteiger partial charge in [-0.3, -0.25) is 4.90 Å². The van der Waals surface area contributed by atoms with E-state index in [0.717, 1.165) is 38.3 Å². The molecule has 1 aromatic carbocycles. The number of piperazine rings is 1. The molecule has 5 heteroatoms. The Labute approximate surface area is 119 Å². The number of amides is 2. The standard InChI is InChI=1S/C15H22FN3O/c1-17(2)15(20)19-11-9-18(10-12-19)8-7-13-5-3-4-6-14(13)16/h3-6H,7-12H2,1-2H3. The SMILES string of the molecule is CN(C)C(=O)N1CCN(CCc2ccccc2F)CC1. The number of carbonyl (C=O) groups excluding carboxylic acids is 1. The summed E-state index contributed by atoms with van der Waals surface area (Å²) in [5.41, 5.74) is 0.763. The molecule has 1 saturated heterocycles. The van der Waals surface area contributed by atoms with E-state index in [1.165, 1.54) is 6.07 Å². The Hall–Kier alpha value is -1.62. The van der Waals surface area contributed by atoms with Crippen LogP contribution in [-0.4, -0.2) is 67.5 Å². The highest BCUT2D eigenvalue weighted by molar-refractivity contribution is 5.73. The zero-order chi connectivity index (χ0) is 14.5. The molecule has 4 nitrogen and oxygen atoms in total. The predicted molar refractivity (Wildman–Crippen MR) is 77.2 cm³/mol. The van der Waals surface area contributed by atoms with E-state index in [1.807, 2.05) is 17.0 Å². The van der Waals surface area contributed by atoms with E-state index >= 15 is 0 Å². The molecule has 0 radical (unpaired) electrons. The molecule has 0 N–H and O–H groups in total. The second-order valence-corrected chi connectivity index (χ2v) is 5.35. The number of hydrogen-bond donors (Lipinski definition) is 0. The molecule has 1 aliphatic rings. The lowest BCUT2D eigenvalue weighted by Crippen LogP contribution is -2.51. The smallest absolute Gasteiger partial charge is 0.319 e. The molecule has 0 bridgehead atoms. The Morgan fingerprint density at radius 2 is 1.85 bits per heavy atom. The van der Waals surface area contributed by atoms with Gasteiger partial charge in [0.15, 0.2) is 0 Å². The minimum Gasteiger partial charge on any atom is -0.331 e. The monoisotopic (exact) mass is 279 g/mol. The number of halogens is 1. The molecule has 0 saturated carbocycles. The maximum Gasteiger partial charge on any atom is 0.319 e. The Morgan fingerprint density at radius 1 is 1.20 bits per heavy atom. The van der Waals surface area contributed by atoms with E-state index in [2.05, 4.69) is 4.90 Å². The van der Waals surface area contributed by atoms with Crippen LogP contribution in [0.25, 0.3) is 0 Å². The number of hydrogen-bond acceptors (Lipinski definition) is 2. The van der Waals surface area contributed by atoms with Crippen molar-refractivity contribution >= 4 is 6.03 Å². The number of carbonyl (C=O) groups is 1. The van der Waals surface area contributed by atoms with Gasteiger partial charge in [0.1, 0.15) is 5.82 Å². The van der Waals surface area contributed by atoms with Crippen molar-refractivity contribution in [3.05, 3.63) is 35.6 Å². The molecule has 1 heterocycles. The molecular formula is C15H22FN3O. The highest BCUT2D eigenvalue weighted by Crippen LogP contribution is 2.10. The van der Waals surface area contributed by atoms with Gasteiger partial charge < -0.3 is 9.80 Å². The van der Waals surface area contributed by atoms with Crippen LogP contribution >= 0.6 is 0 Å². The predicted octanol–water partition coefficient (Wildman–Crippen LogP) is 1.67.